The number of carboxylic acids is 1. The summed E-state index contributed by atoms with van der Waals surface area (Å²) < 4.78 is 47.3. The maximum absolute atomic E-state index is 14.7. The molecule has 0 aliphatic rings. The highest BCUT2D eigenvalue weighted by atomic mass is 35.5. The number of halogens is 4. The summed E-state index contributed by atoms with van der Waals surface area (Å²) in [5.41, 5.74) is 4.21. The van der Waals surface area contributed by atoms with Crippen LogP contribution in [0.15, 0.2) is 49.1 Å². The Hall–Kier alpha value is -5.45. The molecule has 0 aliphatic carbocycles. The van der Waals surface area contributed by atoms with Crippen molar-refractivity contribution in [2.75, 3.05) is 13.2 Å². The number of hydrogen-bond acceptors (Lipinski definition) is 10. The average molecular weight is 936 g/mol. The Bertz CT molecular complexity index is 3050. The van der Waals surface area contributed by atoms with E-state index in [1.165, 1.54) is 35.4 Å². The first-order valence-corrected chi connectivity index (χ1v) is 28.1. The Balaban J connectivity index is 0.000000189. The van der Waals surface area contributed by atoms with Crippen LogP contribution in [0.1, 0.15) is 20.7 Å². The van der Waals surface area contributed by atoms with Crippen LogP contribution in [-0.2, 0) is 37.0 Å². The standard InChI is InChI=1S/C21H23ClFN5O3Si.C21H23ClFN5O2Si/c1-27-16-8-12(22)7-14(23)17(16)19(26-27)15-9-24-20-18(25-15)13(21(29)30)10-28(20)11-31-5-6-32(2,3)4;1-27-17-8-14(22)7-15(23)18(17)20(26-27)16-9-24-21-19(25-16)13(11-29)10-28(21)12-30-5-6-31(2,3)4/h7-10H,5-6,11H2,1-4H3,(H,29,30);7-11H,5-6,12H2,1-4H3. The van der Waals surface area contributed by atoms with Crippen molar-refractivity contribution in [1.29, 1.82) is 0 Å². The Morgan fingerprint density at radius 2 is 1.17 bits per heavy atom. The summed E-state index contributed by atoms with van der Waals surface area (Å²) in [5.74, 6) is -2.16. The van der Waals surface area contributed by atoms with Gasteiger partial charge in [0.25, 0.3) is 0 Å². The Morgan fingerprint density at radius 1 is 0.730 bits per heavy atom. The highest BCUT2D eigenvalue weighted by molar-refractivity contribution is 6.76. The molecule has 0 amide bonds. The van der Waals surface area contributed by atoms with Gasteiger partial charge in [-0.1, -0.05) is 62.5 Å². The molecular formula is C42H46Cl2F2N10O5Si2. The molecule has 15 nitrogen and oxygen atoms in total. The number of nitrogens with zero attached hydrogens (tertiary/aromatic N) is 10. The van der Waals surface area contributed by atoms with Crippen molar-refractivity contribution < 1.29 is 33.0 Å². The van der Waals surface area contributed by atoms with Crippen LogP contribution in [0, 0.1) is 11.6 Å². The Labute approximate surface area is 372 Å². The van der Waals surface area contributed by atoms with Gasteiger partial charge in [-0.25, -0.2) is 33.5 Å². The van der Waals surface area contributed by atoms with Crippen LogP contribution >= 0.6 is 23.2 Å². The molecule has 6 heterocycles. The van der Waals surface area contributed by atoms with E-state index in [9.17, 15) is 23.5 Å². The summed E-state index contributed by atoms with van der Waals surface area (Å²) >= 11 is 12.0. The van der Waals surface area contributed by atoms with Gasteiger partial charge in [-0.2, -0.15) is 10.2 Å². The van der Waals surface area contributed by atoms with E-state index in [-0.39, 0.29) is 51.4 Å². The number of aromatic nitrogens is 10. The summed E-state index contributed by atoms with van der Waals surface area (Å²) in [4.78, 5) is 41.5. The molecule has 63 heavy (non-hydrogen) atoms. The van der Waals surface area contributed by atoms with Gasteiger partial charge in [-0.3, -0.25) is 14.2 Å². The van der Waals surface area contributed by atoms with E-state index in [4.69, 9.17) is 32.7 Å². The number of ether oxygens (including phenoxy) is 2. The normalized spacial score (nSPS) is 12.2. The lowest BCUT2D eigenvalue weighted by molar-refractivity contribution is 0.0695. The molecule has 6 aromatic heterocycles. The maximum Gasteiger partial charge on any atom is 0.339 e. The van der Waals surface area contributed by atoms with Crippen molar-refractivity contribution >= 4 is 95.7 Å². The SMILES string of the molecule is Cn1nc(-c2cnc3c(n2)c(C(=O)O)cn3COCC[Si](C)(C)C)c2c(F)cc(Cl)cc21.Cn1nc(-c2cnc3c(n2)c(C=O)cn3COCC[Si](C)(C)C)c2c(F)cc(Cl)cc21. The summed E-state index contributed by atoms with van der Waals surface area (Å²) in [7, 11) is 0.948. The lowest BCUT2D eigenvalue weighted by Crippen LogP contribution is -2.22. The molecule has 0 saturated heterocycles. The van der Waals surface area contributed by atoms with Gasteiger partial charge in [-0.15, -0.1) is 0 Å². The molecule has 0 radical (unpaired) electrons. The van der Waals surface area contributed by atoms with Crippen LogP contribution in [0.25, 0.3) is 66.9 Å². The number of carboxylic acid groups (broad SMARTS) is 1. The minimum atomic E-state index is -1.24. The van der Waals surface area contributed by atoms with Crippen LogP contribution in [-0.4, -0.2) is 95.4 Å². The van der Waals surface area contributed by atoms with E-state index in [1.807, 2.05) is 0 Å². The van der Waals surface area contributed by atoms with Crippen LogP contribution in [0.4, 0.5) is 8.78 Å². The van der Waals surface area contributed by atoms with Gasteiger partial charge in [0.15, 0.2) is 17.6 Å². The third-order valence-electron chi connectivity index (χ3n) is 10.2. The van der Waals surface area contributed by atoms with Crippen LogP contribution < -0.4 is 0 Å². The zero-order valence-electron chi connectivity index (χ0n) is 36.0. The van der Waals surface area contributed by atoms with Crippen molar-refractivity contribution in [3.8, 4) is 22.8 Å². The molecule has 0 fully saturated rings. The molecular weight excluding hydrogens is 890 g/mol. The minimum absolute atomic E-state index is 0.00750. The molecule has 8 aromatic rings. The first-order chi connectivity index (χ1) is 29.7. The van der Waals surface area contributed by atoms with Gasteiger partial charge in [0.05, 0.1) is 39.8 Å². The van der Waals surface area contributed by atoms with E-state index >= 15 is 0 Å². The lowest BCUT2D eigenvalue weighted by atomic mass is 10.1. The van der Waals surface area contributed by atoms with E-state index in [2.05, 4.69) is 69.4 Å². The summed E-state index contributed by atoms with van der Waals surface area (Å²) in [6, 6.07) is 7.75. The molecule has 2 aromatic carbocycles. The number of aryl methyl sites for hydroxylation is 2. The topological polar surface area (TPSA) is 170 Å². The number of rotatable bonds is 14. The number of benzene rings is 2. The predicted molar refractivity (Wildman–Crippen MR) is 245 cm³/mol. The number of carbonyl (C=O) groups excluding carboxylic acids is 1. The third-order valence-corrected chi connectivity index (χ3v) is 14.0. The van der Waals surface area contributed by atoms with Crippen molar-refractivity contribution in [1.82, 2.24) is 48.6 Å². The predicted octanol–water partition coefficient (Wildman–Crippen LogP) is 9.69. The van der Waals surface area contributed by atoms with Gasteiger partial charge < -0.3 is 23.7 Å². The molecule has 0 bridgehead atoms. The van der Waals surface area contributed by atoms with Crippen LogP contribution in [0.3, 0.4) is 0 Å². The maximum atomic E-state index is 14.7. The van der Waals surface area contributed by atoms with Gasteiger partial charge >= 0.3 is 5.97 Å². The van der Waals surface area contributed by atoms with E-state index in [1.54, 1.807) is 46.2 Å². The fraction of sp³-hybridized carbons (Fsp3) is 0.333. The highest BCUT2D eigenvalue weighted by Gasteiger charge is 2.23. The summed E-state index contributed by atoms with van der Waals surface area (Å²) in [6.07, 6.45) is 6.86. The highest BCUT2D eigenvalue weighted by Crippen LogP contribution is 2.34. The summed E-state index contributed by atoms with van der Waals surface area (Å²) in [6.45, 7) is 15.3. The molecule has 0 aliphatic heterocycles. The number of carbonyl (C=O) groups is 2. The van der Waals surface area contributed by atoms with Crippen molar-refractivity contribution in [2.45, 2.75) is 64.8 Å². The molecule has 0 spiro atoms. The zero-order valence-corrected chi connectivity index (χ0v) is 39.5. The molecule has 0 unspecified atom stereocenters. The van der Waals surface area contributed by atoms with Crippen molar-refractivity contribution in [3.05, 3.63) is 81.9 Å². The van der Waals surface area contributed by atoms with Crippen molar-refractivity contribution in [2.24, 2.45) is 14.1 Å². The zero-order chi connectivity index (χ0) is 45.5. The monoisotopic (exact) mass is 934 g/mol. The van der Waals surface area contributed by atoms with E-state index < -0.39 is 33.8 Å². The van der Waals surface area contributed by atoms with E-state index in [0.717, 1.165) is 18.4 Å². The first-order valence-electron chi connectivity index (χ1n) is 19.9. The number of aromatic carboxylic acids is 1. The van der Waals surface area contributed by atoms with Gasteiger partial charge in [0.1, 0.15) is 64.5 Å². The Morgan fingerprint density at radius 3 is 1.62 bits per heavy atom. The largest absolute Gasteiger partial charge is 0.478 e. The molecule has 21 heteroatoms. The smallest absolute Gasteiger partial charge is 0.339 e. The van der Waals surface area contributed by atoms with Crippen molar-refractivity contribution in [3.63, 3.8) is 0 Å². The Kier molecular flexibility index (Phi) is 13.0. The quantitative estimate of drug-likeness (QED) is 0.0626. The number of hydrogen-bond donors (Lipinski definition) is 1. The second kappa shape index (κ2) is 18.0. The fourth-order valence-corrected chi connectivity index (χ4v) is 8.76. The van der Waals surface area contributed by atoms with Gasteiger partial charge in [0, 0.05) is 65.9 Å². The molecule has 8 rings (SSSR count). The van der Waals surface area contributed by atoms with Crippen LogP contribution in [0.2, 0.25) is 61.4 Å². The van der Waals surface area contributed by atoms with Gasteiger partial charge in [0.2, 0.25) is 0 Å². The minimum Gasteiger partial charge on any atom is -0.478 e. The third kappa shape index (κ3) is 9.87. The second-order valence-electron chi connectivity index (χ2n) is 17.5. The lowest BCUT2D eigenvalue weighted by Gasteiger charge is -2.15. The fourth-order valence-electron chi connectivity index (χ4n) is 6.84. The molecule has 1 N–H and O–H groups in total. The average Bonchev–Trinajstić information content (AvgIpc) is 3.95. The van der Waals surface area contributed by atoms with Crippen LogP contribution in [0.5, 0.6) is 0 Å². The molecule has 0 saturated carbocycles. The molecule has 0 atom stereocenters. The second-order valence-corrected chi connectivity index (χ2v) is 29.7. The number of aldehydes is 1. The molecule has 330 valence electrons. The number of fused-ring (bicyclic) bond motifs is 4. The van der Waals surface area contributed by atoms with E-state index in [0.29, 0.717) is 63.4 Å². The van der Waals surface area contributed by atoms with Gasteiger partial charge in [-0.05, 0) is 36.4 Å². The summed E-state index contributed by atoms with van der Waals surface area (Å²) in [5, 5.41) is 19.6. The first kappa shape index (κ1) is 45.6.